The molecule has 0 unspecified atom stereocenters. The lowest BCUT2D eigenvalue weighted by atomic mass is 9.85. The molecule has 200 valence electrons. The summed E-state index contributed by atoms with van der Waals surface area (Å²) in [5.41, 5.74) is 4.45. The molecule has 0 saturated heterocycles. The lowest BCUT2D eigenvalue weighted by molar-refractivity contribution is -0.136. The molecule has 0 saturated carbocycles. The van der Waals surface area contributed by atoms with Crippen molar-refractivity contribution in [1.82, 2.24) is 21.3 Å². The van der Waals surface area contributed by atoms with E-state index >= 15 is 0 Å². The Bertz CT molecular complexity index is 790. The van der Waals surface area contributed by atoms with Gasteiger partial charge in [-0.25, -0.2) is 0 Å². The maximum absolute atomic E-state index is 13.3. The SMILES string of the molecule is CC[C@H](NC(C)=O)C(=O)N[C@H](C(=O)N[C@@H](CC(C)C)C(=O)N[C@@H](CCC(N)=O)C(C)=O)C(C)(C)C. The summed E-state index contributed by atoms with van der Waals surface area (Å²) in [5.74, 6) is -2.91. The predicted octanol–water partition coefficient (Wildman–Crippen LogP) is 0.302. The van der Waals surface area contributed by atoms with Crippen LogP contribution in [0.1, 0.15) is 81.1 Å². The van der Waals surface area contributed by atoms with Gasteiger partial charge >= 0.3 is 0 Å². The molecule has 4 atom stereocenters. The first kappa shape index (κ1) is 32.0. The number of rotatable bonds is 14. The van der Waals surface area contributed by atoms with E-state index in [0.717, 1.165) is 0 Å². The fourth-order valence-electron chi connectivity index (χ4n) is 3.41. The highest BCUT2D eigenvalue weighted by molar-refractivity contribution is 5.95. The summed E-state index contributed by atoms with van der Waals surface area (Å²) in [6, 6.07) is -3.69. The zero-order valence-electron chi connectivity index (χ0n) is 22.2. The second-order valence-corrected chi connectivity index (χ2v) is 10.3. The maximum Gasteiger partial charge on any atom is 0.243 e. The van der Waals surface area contributed by atoms with E-state index in [2.05, 4.69) is 21.3 Å². The first-order chi connectivity index (χ1) is 16.0. The molecule has 0 aliphatic rings. The molecule has 0 radical (unpaired) electrons. The third kappa shape index (κ3) is 12.3. The number of carbonyl (C=O) groups excluding carboxylic acids is 6. The molecule has 35 heavy (non-hydrogen) atoms. The van der Waals surface area contributed by atoms with Crippen molar-refractivity contribution in [3.63, 3.8) is 0 Å². The van der Waals surface area contributed by atoms with Crippen LogP contribution in [0.5, 0.6) is 0 Å². The fraction of sp³-hybridized carbons (Fsp3) is 0.750. The molecule has 0 aromatic heterocycles. The van der Waals surface area contributed by atoms with Crippen LogP contribution in [0.2, 0.25) is 0 Å². The maximum atomic E-state index is 13.3. The van der Waals surface area contributed by atoms with Crippen molar-refractivity contribution >= 4 is 35.3 Å². The Morgan fingerprint density at radius 3 is 1.69 bits per heavy atom. The summed E-state index contributed by atoms with van der Waals surface area (Å²) in [7, 11) is 0. The minimum absolute atomic E-state index is 0.0272. The van der Waals surface area contributed by atoms with E-state index in [-0.39, 0.29) is 36.9 Å². The number of primary amides is 1. The number of carbonyl (C=O) groups is 6. The topological polar surface area (TPSA) is 177 Å². The minimum atomic E-state index is -1.00. The Morgan fingerprint density at radius 1 is 0.771 bits per heavy atom. The van der Waals surface area contributed by atoms with Crippen LogP contribution in [0.25, 0.3) is 0 Å². The highest BCUT2D eigenvalue weighted by atomic mass is 16.2. The lowest BCUT2D eigenvalue weighted by Gasteiger charge is -2.33. The summed E-state index contributed by atoms with van der Waals surface area (Å²) in [4.78, 5) is 73.5. The van der Waals surface area contributed by atoms with Crippen molar-refractivity contribution in [3.8, 4) is 0 Å². The number of nitrogens with one attached hydrogen (secondary N) is 4. The van der Waals surface area contributed by atoms with Gasteiger partial charge in [0.05, 0.1) is 6.04 Å². The average Bonchev–Trinajstić information content (AvgIpc) is 2.70. The van der Waals surface area contributed by atoms with Gasteiger partial charge in [-0.1, -0.05) is 41.5 Å². The molecule has 6 N–H and O–H groups in total. The first-order valence-corrected chi connectivity index (χ1v) is 12.0. The minimum Gasteiger partial charge on any atom is -0.370 e. The van der Waals surface area contributed by atoms with Crippen molar-refractivity contribution in [1.29, 1.82) is 0 Å². The van der Waals surface area contributed by atoms with E-state index in [9.17, 15) is 28.8 Å². The van der Waals surface area contributed by atoms with E-state index in [4.69, 9.17) is 5.73 Å². The largest absolute Gasteiger partial charge is 0.370 e. The smallest absolute Gasteiger partial charge is 0.243 e. The van der Waals surface area contributed by atoms with Crippen LogP contribution in [0, 0.1) is 11.3 Å². The normalized spacial score (nSPS) is 14.8. The third-order valence-electron chi connectivity index (χ3n) is 5.34. The van der Waals surface area contributed by atoms with Crippen LogP contribution in [0.15, 0.2) is 0 Å². The van der Waals surface area contributed by atoms with Gasteiger partial charge in [-0.05, 0) is 37.5 Å². The zero-order chi connectivity index (χ0) is 27.5. The second-order valence-electron chi connectivity index (χ2n) is 10.3. The number of ketones is 1. The third-order valence-corrected chi connectivity index (χ3v) is 5.34. The number of nitrogens with two attached hydrogens (primary N) is 1. The van der Waals surface area contributed by atoms with Crippen LogP contribution < -0.4 is 27.0 Å². The van der Waals surface area contributed by atoms with E-state index in [1.54, 1.807) is 27.7 Å². The van der Waals surface area contributed by atoms with Gasteiger partial charge in [0.25, 0.3) is 0 Å². The van der Waals surface area contributed by atoms with Crippen molar-refractivity contribution in [2.45, 2.75) is 105 Å². The average molecular weight is 498 g/mol. The molecule has 0 heterocycles. The van der Waals surface area contributed by atoms with Gasteiger partial charge in [0.15, 0.2) is 5.78 Å². The molecule has 0 rings (SSSR count). The Morgan fingerprint density at radius 2 is 1.29 bits per heavy atom. The molecule has 0 aliphatic carbocycles. The first-order valence-electron chi connectivity index (χ1n) is 12.0. The molecule has 0 spiro atoms. The summed E-state index contributed by atoms with van der Waals surface area (Å²) in [5, 5.41) is 10.6. The number of hydrogen-bond donors (Lipinski definition) is 5. The molecule has 0 aromatic rings. The van der Waals surface area contributed by atoms with Gasteiger partial charge in [0, 0.05) is 13.3 Å². The highest BCUT2D eigenvalue weighted by Crippen LogP contribution is 2.20. The second kappa shape index (κ2) is 14.4. The number of Topliss-reactive ketones (excluding diaryl/α,β-unsaturated/α-hetero) is 1. The Hall–Kier alpha value is -2.98. The van der Waals surface area contributed by atoms with E-state index in [0.29, 0.717) is 6.42 Å². The standard InChI is InChI=1S/C24H43N5O6/c1-9-16(26-15(5)31)21(33)29-20(24(6,7)8)23(35)28-18(12-13(2)3)22(34)27-17(14(4)30)10-11-19(25)32/h13,16-18,20H,9-12H2,1-8H3,(H2,25,32)(H,26,31)(H,27,34)(H,28,35)(H,29,33)/t16-,17-,18-,20+/m0/s1. The highest BCUT2D eigenvalue weighted by Gasteiger charge is 2.36. The van der Waals surface area contributed by atoms with Crippen LogP contribution in [-0.2, 0) is 28.8 Å². The molecule has 0 bridgehead atoms. The molecule has 0 aliphatic heterocycles. The molecule has 11 heteroatoms. The van der Waals surface area contributed by atoms with Crippen molar-refractivity contribution in [3.05, 3.63) is 0 Å². The van der Waals surface area contributed by atoms with Crippen LogP contribution in [-0.4, -0.2) is 59.5 Å². The Kier molecular flexibility index (Phi) is 13.2. The van der Waals surface area contributed by atoms with Crippen molar-refractivity contribution in [2.24, 2.45) is 17.1 Å². The van der Waals surface area contributed by atoms with Crippen LogP contribution >= 0.6 is 0 Å². The van der Waals surface area contributed by atoms with Gasteiger partial charge in [-0.2, -0.15) is 0 Å². The number of amides is 5. The van der Waals surface area contributed by atoms with Gasteiger partial charge in [-0.15, -0.1) is 0 Å². The predicted molar refractivity (Wildman–Crippen MR) is 132 cm³/mol. The number of hydrogen-bond acceptors (Lipinski definition) is 6. The van der Waals surface area contributed by atoms with E-state index in [1.807, 2.05) is 13.8 Å². The van der Waals surface area contributed by atoms with Gasteiger partial charge in [0.2, 0.25) is 29.5 Å². The summed E-state index contributed by atoms with van der Waals surface area (Å²) in [6.45, 7) is 13.4. The molecular formula is C24H43N5O6. The van der Waals surface area contributed by atoms with Crippen LogP contribution in [0.4, 0.5) is 0 Å². The quantitative estimate of drug-likeness (QED) is 0.230. The summed E-state index contributed by atoms with van der Waals surface area (Å²) in [6.07, 6.45) is 0.601. The lowest BCUT2D eigenvalue weighted by Crippen LogP contribution is -2.61. The van der Waals surface area contributed by atoms with Crippen LogP contribution in [0.3, 0.4) is 0 Å². The molecule has 11 nitrogen and oxygen atoms in total. The van der Waals surface area contributed by atoms with Crippen molar-refractivity contribution < 1.29 is 28.8 Å². The van der Waals surface area contributed by atoms with E-state index < -0.39 is 53.2 Å². The Labute approximate surface area is 208 Å². The molecular weight excluding hydrogens is 454 g/mol. The Balaban J connectivity index is 5.70. The molecule has 0 fully saturated rings. The fourth-order valence-corrected chi connectivity index (χ4v) is 3.41. The van der Waals surface area contributed by atoms with Gasteiger partial charge < -0.3 is 27.0 Å². The molecule has 5 amide bonds. The van der Waals surface area contributed by atoms with Gasteiger partial charge in [0.1, 0.15) is 18.1 Å². The van der Waals surface area contributed by atoms with Crippen molar-refractivity contribution in [2.75, 3.05) is 0 Å². The zero-order valence-corrected chi connectivity index (χ0v) is 22.2. The van der Waals surface area contributed by atoms with Gasteiger partial charge in [-0.3, -0.25) is 28.8 Å². The monoisotopic (exact) mass is 497 g/mol. The summed E-state index contributed by atoms with van der Waals surface area (Å²) < 4.78 is 0. The molecule has 0 aromatic carbocycles. The summed E-state index contributed by atoms with van der Waals surface area (Å²) >= 11 is 0. The van der Waals surface area contributed by atoms with E-state index in [1.165, 1.54) is 13.8 Å².